The molecule has 3 aromatic rings. The zero-order valence-electron chi connectivity index (χ0n) is 22.1. The molecule has 4 amide bonds. The number of primary amides is 1. The zero-order valence-corrected chi connectivity index (χ0v) is 22.1. The third-order valence-electron chi connectivity index (χ3n) is 6.33. The molecular weight excluding hydrogens is 520 g/mol. The van der Waals surface area contributed by atoms with Crippen molar-refractivity contribution in [1.82, 2.24) is 30.9 Å². The summed E-state index contributed by atoms with van der Waals surface area (Å²) in [6, 6.07) is 2.52. The molecule has 4 atom stereocenters. The number of imidazole rings is 1. The number of fused-ring (bicyclic) bond motifs is 1. The fourth-order valence-corrected chi connectivity index (χ4v) is 4.18. The number of hydrogen-bond donors (Lipinski definition) is 8. The van der Waals surface area contributed by atoms with Gasteiger partial charge in [0.25, 0.3) is 0 Å². The molecule has 1 aromatic carbocycles. The lowest BCUT2D eigenvalue weighted by molar-refractivity contribution is -0.142. The Morgan fingerprint density at radius 1 is 0.950 bits per heavy atom. The highest BCUT2D eigenvalue weighted by atomic mass is 16.4. The smallest absolute Gasteiger partial charge is 0.326 e. The van der Waals surface area contributed by atoms with Gasteiger partial charge in [-0.05, 0) is 17.5 Å². The molecule has 0 aliphatic rings. The van der Waals surface area contributed by atoms with Gasteiger partial charge in [-0.15, -0.1) is 0 Å². The van der Waals surface area contributed by atoms with E-state index in [1.165, 1.54) is 12.5 Å². The van der Waals surface area contributed by atoms with E-state index in [9.17, 15) is 29.1 Å². The number of carbonyl (C=O) groups excluding carboxylic acids is 4. The first-order chi connectivity index (χ1) is 19.0. The predicted molar refractivity (Wildman–Crippen MR) is 144 cm³/mol. The van der Waals surface area contributed by atoms with Crippen molar-refractivity contribution in [3.63, 3.8) is 0 Å². The number of para-hydroxylation sites is 1. The van der Waals surface area contributed by atoms with Gasteiger partial charge < -0.3 is 42.5 Å². The molecule has 214 valence electrons. The van der Waals surface area contributed by atoms with Crippen molar-refractivity contribution in [2.75, 3.05) is 0 Å². The van der Waals surface area contributed by atoms with Gasteiger partial charge in [0.1, 0.15) is 18.1 Å². The summed E-state index contributed by atoms with van der Waals surface area (Å²) in [4.78, 5) is 72.1. The standard InChI is InChI=1S/C26H34N8O6/c1-13(2)22(25(38)33-20(26(39)40)7-14-10-30-18-6-4-3-5-16(14)18)34-24(37)19(8-15-11-29-12-31-15)32-23(36)17(27)9-21(28)35/h3-6,10-13,17,19-20,22,30H,7-9,27H2,1-2H3,(H2,28,35)(H,29,31)(H,32,36)(H,33,38)(H,34,37)(H,39,40). The SMILES string of the molecule is CC(C)C(NC(=O)C(Cc1cnc[nH]1)NC(=O)C(N)CC(N)=O)C(=O)NC(Cc1c[nH]c2ccccc12)C(=O)O. The van der Waals surface area contributed by atoms with E-state index in [-0.39, 0.29) is 12.8 Å². The number of aliphatic carboxylic acids is 1. The summed E-state index contributed by atoms with van der Waals surface area (Å²) in [6.07, 6.45) is 4.12. The molecule has 0 spiro atoms. The highest BCUT2D eigenvalue weighted by molar-refractivity contribution is 5.95. The summed E-state index contributed by atoms with van der Waals surface area (Å²) in [5.41, 5.74) is 12.9. The number of carbonyl (C=O) groups is 5. The van der Waals surface area contributed by atoms with E-state index < -0.39 is 66.1 Å². The molecule has 3 rings (SSSR count). The van der Waals surface area contributed by atoms with Crippen molar-refractivity contribution >= 4 is 40.5 Å². The lowest BCUT2D eigenvalue weighted by Gasteiger charge is -2.27. The molecule has 40 heavy (non-hydrogen) atoms. The van der Waals surface area contributed by atoms with Crippen LogP contribution in [0.3, 0.4) is 0 Å². The van der Waals surface area contributed by atoms with Gasteiger partial charge in [0.2, 0.25) is 23.6 Å². The maximum absolute atomic E-state index is 13.3. The van der Waals surface area contributed by atoms with Crippen LogP contribution in [-0.2, 0) is 36.8 Å². The first kappa shape index (κ1) is 29.8. The monoisotopic (exact) mass is 554 g/mol. The number of nitrogens with two attached hydrogens (primary N) is 2. The summed E-state index contributed by atoms with van der Waals surface area (Å²) >= 11 is 0. The van der Waals surface area contributed by atoms with Crippen molar-refractivity contribution in [3.05, 3.63) is 54.2 Å². The Labute approximate surface area is 229 Å². The molecule has 4 unspecified atom stereocenters. The van der Waals surface area contributed by atoms with Crippen LogP contribution in [0.15, 0.2) is 43.0 Å². The van der Waals surface area contributed by atoms with Crippen LogP contribution in [-0.4, -0.2) is 73.8 Å². The number of hydrogen-bond acceptors (Lipinski definition) is 7. The van der Waals surface area contributed by atoms with E-state index in [0.717, 1.165) is 10.9 Å². The van der Waals surface area contributed by atoms with E-state index >= 15 is 0 Å². The van der Waals surface area contributed by atoms with Crippen LogP contribution in [0.2, 0.25) is 0 Å². The van der Waals surface area contributed by atoms with E-state index in [4.69, 9.17) is 11.5 Å². The minimum absolute atomic E-state index is 0.0140. The molecule has 0 aliphatic carbocycles. The third-order valence-corrected chi connectivity index (χ3v) is 6.33. The summed E-state index contributed by atoms with van der Waals surface area (Å²) in [6.45, 7) is 3.37. The Morgan fingerprint density at radius 2 is 1.65 bits per heavy atom. The average molecular weight is 555 g/mol. The Hall–Kier alpha value is -4.72. The zero-order chi connectivity index (χ0) is 29.4. The highest BCUT2D eigenvalue weighted by Gasteiger charge is 2.32. The van der Waals surface area contributed by atoms with E-state index in [1.54, 1.807) is 20.0 Å². The number of amides is 4. The molecule has 2 aromatic heterocycles. The molecule has 0 saturated carbocycles. The van der Waals surface area contributed by atoms with Crippen molar-refractivity contribution in [2.45, 2.75) is 57.3 Å². The molecule has 14 nitrogen and oxygen atoms in total. The molecule has 0 bridgehead atoms. The van der Waals surface area contributed by atoms with Crippen molar-refractivity contribution in [1.29, 1.82) is 0 Å². The topological polar surface area (TPSA) is 238 Å². The Bertz CT molecular complexity index is 1350. The quantitative estimate of drug-likeness (QED) is 0.124. The van der Waals surface area contributed by atoms with Crippen LogP contribution in [0.4, 0.5) is 0 Å². The average Bonchev–Trinajstić information content (AvgIpc) is 3.55. The van der Waals surface area contributed by atoms with Gasteiger partial charge in [0, 0.05) is 41.8 Å². The molecule has 10 N–H and O–H groups in total. The summed E-state index contributed by atoms with van der Waals surface area (Å²) in [5.74, 6) is -4.66. The fraction of sp³-hybridized carbons (Fsp3) is 0.385. The van der Waals surface area contributed by atoms with Gasteiger partial charge in [-0.1, -0.05) is 32.0 Å². The largest absolute Gasteiger partial charge is 0.480 e. The van der Waals surface area contributed by atoms with Gasteiger partial charge >= 0.3 is 5.97 Å². The predicted octanol–water partition coefficient (Wildman–Crippen LogP) is -0.926. The van der Waals surface area contributed by atoms with Crippen molar-refractivity contribution < 1.29 is 29.1 Å². The summed E-state index contributed by atoms with van der Waals surface area (Å²) in [5, 5.41) is 18.3. The number of H-pyrrole nitrogens is 2. The number of carboxylic acid groups (broad SMARTS) is 1. The lowest BCUT2D eigenvalue weighted by Crippen LogP contribution is -2.59. The fourth-order valence-electron chi connectivity index (χ4n) is 4.18. The van der Waals surface area contributed by atoms with Gasteiger partial charge in [-0.3, -0.25) is 19.2 Å². The van der Waals surface area contributed by atoms with Gasteiger partial charge in [0.05, 0.1) is 18.8 Å². The minimum atomic E-state index is -1.28. The van der Waals surface area contributed by atoms with Gasteiger partial charge in [0.15, 0.2) is 0 Å². The van der Waals surface area contributed by atoms with Crippen molar-refractivity contribution in [2.24, 2.45) is 17.4 Å². The number of carboxylic acids is 1. The van der Waals surface area contributed by atoms with Crippen LogP contribution in [0.25, 0.3) is 10.9 Å². The number of aromatic amines is 2. The second kappa shape index (κ2) is 13.4. The van der Waals surface area contributed by atoms with Crippen molar-refractivity contribution in [3.8, 4) is 0 Å². The van der Waals surface area contributed by atoms with Crippen LogP contribution in [0.1, 0.15) is 31.5 Å². The maximum Gasteiger partial charge on any atom is 0.326 e. The van der Waals surface area contributed by atoms with E-state index in [1.807, 2.05) is 24.3 Å². The van der Waals surface area contributed by atoms with Crippen LogP contribution in [0, 0.1) is 5.92 Å². The van der Waals surface area contributed by atoms with E-state index in [0.29, 0.717) is 11.3 Å². The number of rotatable bonds is 14. The number of nitrogens with zero attached hydrogens (tertiary/aromatic N) is 1. The number of nitrogens with one attached hydrogen (secondary N) is 5. The van der Waals surface area contributed by atoms with E-state index in [2.05, 4.69) is 30.9 Å². The lowest BCUT2D eigenvalue weighted by atomic mass is 10.00. The second-order valence-corrected chi connectivity index (χ2v) is 9.81. The van der Waals surface area contributed by atoms with Gasteiger partial charge in [-0.2, -0.15) is 0 Å². The second-order valence-electron chi connectivity index (χ2n) is 9.81. The van der Waals surface area contributed by atoms with Crippen LogP contribution < -0.4 is 27.4 Å². The van der Waals surface area contributed by atoms with Crippen LogP contribution >= 0.6 is 0 Å². The molecule has 0 aliphatic heterocycles. The Balaban J connectivity index is 1.74. The minimum Gasteiger partial charge on any atom is -0.480 e. The number of aromatic nitrogens is 3. The molecule has 2 heterocycles. The molecule has 0 saturated heterocycles. The molecular formula is C26H34N8O6. The molecule has 14 heteroatoms. The Kier molecular flexibility index (Phi) is 9.97. The molecule has 0 fully saturated rings. The summed E-state index contributed by atoms with van der Waals surface area (Å²) in [7, 11) is 0. The first-order valence-corrected chi connectivity index (χ1v) is 12.7. The maximum atomic E-state index is 13.3. The highest BCUT2D eigenvalue weighted by Crippen LogP contribution is 2.19. The first-order valence-electron chi connectivity index (χ1n) is 12.7. The normalized spacial score (nSPS) is 14.2. The van der Waals surface area contributed by atoms with Crippen LogP contribution in [0.5, 0.6) is 0 Å². The number of benzene rings is 1. The third kappa shape index (κ3) is 7.89. The van der Waals surface area contributed by atoms with Gasteiger partial charge in [-0.25, -0.2) is 9.78 Å². The summed E-state index contributed by atoms with van der Waals surface area (Å²) < 4.78 is 0. The Morgan fingerprint density at radius 3 is 2.27 bits per heavy atom. The molecule has 0 radical (unpaired) electrons.